The second-order valence-corrected chi connectivity index (χ2v) is 5.17. The summed E-state index contributed by atoms with van der Waals surface area (Å²) in [5, 5.41) is 11.4. The summed E-state index contributed by atoms with van der Waals surface area (Å²) in [6, 6.07) is 8.95. The summed E-state index contributed by atoms with van der Waals surface area (Å²) in [7, 11) is 0. The molecule has 1 aliphatic carbocycles. The minimum atomic E-state index is -0.321. The normalized spacial score (nSPS) is 14.7. The van der Waals surface area contributed by atoms with Crippen molar-refractivity contribution >= 4 is 23.7 Å². The Kier molecular flexibility index (Phi) is 3.52. The first-order chi connectivity index (χ1) is 9.72. The highest BCUT2D eigenvalue weighted by Crippen LogP contribution is 2.38. The number of halogens is 1. The van der Waals surface area contributed by atoms with Crippen LogP contribution in [0.2, 0.25) is 5.02 Å². The summed E-state index contributed by atoms with van der Waals surface area (Å²) >= 11 is 5.78. The van der Waals surface area contributed by atoms with Gasteiger partial charge < -0.3 is 0 Å². The van der Waals surface area contributed by atoms with Crippen molar-refractivity contribution in [1.82, 2.24) is 15.6 Å². The molecule has 0 radical (unpaired) electrons. The van der Waals surface area contributed by atoms with E-state index in [4.69, 9.17) is 11.6 Å². The van der Waals surface area contributed by atoms with E-state index in [-0.39, 0.29) is 5.91 Å². The number of rotatable bonds is 4. The fourth-order valence-corrected chi connectivity index (χ4v) is 1.95. The predicted octanol–water partition coefficient (Wildman–Crippen LogP) is 2.70. The van der Waals surface area contributed by atoms with Crippen LogP contribution in [0.25, 0.3) is 0 Å². The maximum absolute atomic E-state index is 11.8. The van der Waals surface area contributed by atoms with Gasteiger partial charge in [0.05, 0.1) is 6.21 Å². The van der Waals surface area contributed by atoms with Gasteiger partial charge in [-0.15, -0.1) is 0 Å². The second-order valence-electron chi connectivity index (χ2n) is 4.73. The summed E-state index contributed by atoms with van der Waals surface area (Å²) in [4.78, 5) is 11.8. The van der Waals surface area contributed by atoms with Crippen LogP contribution in [-0.2, 0) is 0 Å². The van der Waals surface area contributed by atoms with Crippen molar-refractivity contribution in [2.75, 3.05) is 0 Å². The second kappa shape index (κ2) is 5.46. The number of amides is 1. The highest BCUT2D eigenvalue weighted by molar-refractivity contribution is 6.30. The first kappa shape index (κ1) is 12.9. The number of carbonyl (C=O) groups is 1. The zero-order valence-corrected chi connectivity index (χ0v) is 11.4. The molecular weight excluding hydrogens is 276 g/mol. The molecule has 102 valence electrons. The molecule has 0 saturated heterocycles. The van der Waals surface area contributed by atoms with Crippen molar-refractivity contribution in [3.05, 3.63) is 52.3 Å². The average molecular weight is 289 g/mol. The molecule has 1 heterocycles. The molecular formula is C14H13ClN4O. The van der Waals surface area contributed by atoms with Crippen LogP contribution >= 0.6 is 11.6 Å². The van der Waals surface area contributed by atoms with Gasteiger partial charge in [0.25, 0.3) is 5.91 Å². The molecule has 1 saturated carbocycles. The highest BCUT2D eigenvalue weighted by atomic mass is 35.5. The lowest BCUT2D eigenvalue weighted by Crippen LogP contribution is -2.18. The van der Waals surface area contributed by atoms with Gasteiger partial charge >= 0.3 is 0 Å². The molecule has 1 amide bonds. The number of hydrogen-bond acceptors (Lipinski definition) is 3. The van der Waals surface area contributed by atoms with Crippen LogP contribution in [0.1, 0.15) is 40.5 Å². The van der Waals surface area contributed by atoms with Crippen LogP contribution in [0.5, 0.6) is 0 Å². The summed E-state index contributed by atoms with van der Waals surface area (Å²) in [5.41, 5.74) is 4.69. The summed E-state index contributed by atoms with van der Waals surface area (Å²) in [6.07, 6.45) is 3.89. The number of H-pyrrole nitrogens is 1. The van der Waals surface area contributed by atoms with Crippen molar-refractivity contribution in [2.24, 2.45) is 5.10 Å². The lowest BCUT2D eigenvalue weighted by atomic mass is 10.2. The van der Waals surface area contributed by atoms with Gasteiger partial charge in [0, 0.05) is 16.6 Å². The van der Waals surface area contributed by atoms with E-state index in [1.807, 2.05) is 12.1 Å². The SMILES string of the molecule is O=C(N/N=C\c1ccc(Cl)cc1)c1cc(C2CC2)[nH]n1. The van der Waals surface area contributed by atoms with E-state index in [0.717, 1.165) is 24.1 Å². The average Bonchev–Trinajstić information content (AvgIpc) is 3.18. The molecule has 20 heavy (non-hydrogen) atoms. The van der Waals surface area contributed by atoms with Gasteiger partial charge in [-0.05, 0) is 36.6 Å². The number of hydrazone groups is 1. The van der Waals surface area contributed by atoms with Crippen molar-refractivity contribution in [3.8, 4) is 0 Å². The van der Waals surface area contributed by atoms with Gasteiger partial charge in [-0.2, -0.15) is 10.2 Å². The highest BCUT2D eigenvalue weighted by Gasteiger charge is 2.26. The van der Waals surface area contributed by atoms with E-state index in [9.17, 15) is 4.79 Å². The van der Waals surface area contributed by atoms with Crippen LogP contribution < -0.4 is 5.43 Å². The predicted molar refractivity (Wildman–Crippen MR) is 77.1 cm³/mol. The minimum Gasteiger partial charge on any atom is -0.281 e. The molecule has 0 atom stereocenters. The summed E-state index contributed by atoms with van der Waals surface area (Å²) in [6.45, 7) is 0. The fourth-order valence-electron chi connectivity index (χ4n) is 1.83. The Balaban J connectivity index is 1.59. The van der Waals surface area contributed by atoms with Gasteiger partial charge in [-0.25, -0.2) is 5.43 Å². The lowest BCUT2D eigenvalue weighted by Gasteiger charge is -1.95. The van der Waals surface area contributed by atoms with E-state index in [2.05, 4.69) is 20.7 Å². The minimum absolute atomic E-state index is 0.321. The first-order valence-corrected chi connectivity index (χ1v) is 6.74. The zero-order valence-electron chi connectivity index (χ0n) is 10.6. The summed E-state index contributed by atoms with van der Waals surface area (Å²) in [5.74, 6) is 0.222. The largest absolute Gasteiger partial charge is 0.291 e. The number of benzene rings is 1. The zero-order chi connectivity index (χ0) is 13.9. The number of carbonyl (C=O) groups excluding carboxylic acids is 1. The van der Waals surface area contributed by atoms with Crippen LogP contribution in [-0.4, -0.2) is 22.3 Å². The van der Waals surface area contributed by atoms with Gasteiger partial charge in [0.15, 0.2) is 5.69 Å². The maximum atomic E-state index is 11.8. The lowest BCUT2D eigenvalue weighted by molar-refractivity contribution is 0.0950. The fraction of sp³-hybridized carbons (Fsp3) is 0.214. The van der Waals surface area contributed by atoms with E-state index in [0.29, 0.717) is 16.6 Å². The number of nitrogens with one attached hydrogen (secondary N) is 2. The molecule has 5 nitrogen and oxygen atoms in total. The molecule has 2 N–H and O–H groups in total. The van der Waals surface area contributed by atoms with E-state index in [1.54, 1.807) is 24.4 Å². The van der Waals surface area contributed by atoms with E-state index >= 15 is 0 Å². The van der Waals surface area contributed by atoms with Crippen LogP contribution in [0.3, 0.4) is 0 Å². The molecule has 0 spiro atoms. The van der Waals surface area contributed by atoms with Crippen molar-refractivity contribution < 1.29 is 4.79 Å². The Labute approximate surface area is 121 Å². The van der Waals surface area contributed by atoms with Gasteiger partial charge in [-0.1, -0.05) is 23.7 Å². The van der Waals surface area contributed by atoms with Gasteiger partial charge in [-0.3, -0.25) is 9.89 Å². The Morgan fingerprint density at radius 1 is 1.40 bits per heavy atom. The van der Waals surface area contributed by atoms with E-state index in [1.165, 1.54) is 0 Å². The number of nitrogens with zero attached hydrogens (tertiary/aromatic N) is 2. The molecule has 6 heteroatoms. The van der Waals surface area contributed by atoms with Crippen LogP contribution in [0, 0.1) is 0 Å². The number of hydrogen-bond donors (Lipinski definition) is 2. The number of aromatic amines is 1. The monoisotopic (exact) mass is 288 g/mol. The Bertz CT molecular complexity index is 643. The van der Waals surface area contributed by atoms with Gasteiger partial charge in [0.2, 0.25) is 0 Å². The van der Waals surface area contributed by atoms with Crippen LogP contribution in [0.15, 0.2) is 35.4 Å². The molecule has 3 rings (SSSR count). The molecule has 0 aliphatic heterocycles. The molecule has 0 unspecified atom stereocenters. The molecule has 1 aliphatic rings. The smallest absolute Gasteiger partial charge is 0.281 e. The Morgan fingerprint density at radius 3 is 2.85 bits per heavy atom. The van der Waals surface area contributed by atoms with Crippen molar-refractivity contribution in [2.45, 2.75) is 18.8 Å². The third-order valence-corrected chi connectivity index (χ3v) is 3.35. The quantitative estimate of drug-likeness (QED) is 0.671. The van der Waals surface area contributed by atoms with E-state index < -0.39 is 0 Å². The van der Waals surface area contributed by atoms with Crippen LogP contribution in [0.4, 0.5) is 0 Å². The molecule has 1 fully saturated rings. The standard InChI is InChI=1S/C14H13ClN4O/c15-11-5-1-9(2-6-11)8-16-19-14(20)13-7-12(17-18-13)10-3-4-10/h1-2,5-8,10H,3-4H2,(H,17,18)(H,19,20)/b16-8-. The molecule has 1 aromatic heterocycles. The first-order valence-electron chi connectivity index (χ1n) is 6.36. The van der Waals surface area contributed by atoms with Crippen molar-refractivity contribution in [1.29, 1.82) is 0 Å². The van der Waals surface area contributed by atoms with Crippen molar-refractivity contribution in [3.63, 3.8) is 0 Å². The Hall–Kier alpha value is -2.14. The maximum Gasteiger partial charge on any atom is 0.291 e. The number of aromatic nitrogens is 2. The molecule has 1 aromatic carbocycles. The summed E-state index contributed by atoms with van der Waals surface area (Å²) < 4.78 is 0. The third-order valence-electron chi connectivity index (χ3n) is 3.10. The van der Waals surface area contributed by atoms with Gasteiger partial charge in [0.1, 0.15) is 0 Å². The molecule has 2 aromatic rings. The third kappa shape index (κ3) is 3.05. The molecule has 0 bridgehead atoms. The Morgan fingerprint density at radius 2 is 2.15 bits per heavy atom. The topological polar surface area (TPSA) is 70.1 Å².